The van der Waals surface area contributed by atoms with Crippen molar-refractivity contribution in [2.24, 2.45) is 5.92 Å². The number of hydrogen-bond donors (Lipinski definition) is 2. The zero-order valence-electron chi connectivity index (χ0n) is 7.49. The van der Waals surface area contributed by atoms with Crippen LogP contribution in [0.2, 0.25) is 0 Å². The van der Waals surface area contributed by atoms with E-state index in [2.05, 4.69) is 5.32 Å². The van der Waals surface area contributed by atoms with Crippen molar-refractivity contribution in [3.05, 3.63) is 0 Å². The summed E-state index contributed by atoms with van der Waals surface area (Å²) in [5.74, 6) is -0.362. The fraction of sp³-hybridized carbons (Fsp3) is 0.778. The molecule has 4 heteroatoms. The van der Waals surface area contributed by atoms with E-state index in [1.807, 2.05) is 6.07 Å². The third-order valence-electron chi connectivity index (χ3n) is 2.35. The Kier molecular flexibility index (Phi) is 3.71. The Balaban J connectivity index is 2.27. The van der Waals surface area contributed by atoms with E-state index in [1.165, 1.54) is 0 Å². The lowest BCUT2D eigenvalue weighted by molar-refractivity contribution is -0.127. The zero-order valence-corrected chi connectivity index (χ0v) is 7.49. The molecular formula is C9H14N2O2. The first-order valence-electron chi connectivity index (χ1n) is 4.58. The van der Waals surface area contributed by atoms with Gasteiger partial charge < -0.3 is 10.4 Å². The minimum absolute atomic E-state index is 0.111. The van der Waals surface area contributed by atoms with E-state index < -0.39 is 6.10 Å². The van der Waals surface area contributed by atoms with Crippen LogP contribution in [-0.4, -0.2) is 23.7 Å². The van der Waals surface area contributed by atoms with Crippen molar-refractivity contribution in [1.82, 2.24) is 5.32 Å². The van der Waals surface area contributed by atoms with Gasteiger partial charge in [0.15, 0.2) is 0 Å². The molecule has 13 heavy (non-hydrogen) atoms. The van der Waals surface area contributed by atoms with E-state index in [0.717, 1.165) is 19.3 Å². The molecule has 1 aliphatic rings. The van der Waals surface area contributed by atoms with Crippen LogP contribution < -0.4 is 5.32 Å². The number of amides is 1. The van der Waals surface area contributed by atoms with Crippen LogP contribution >= 0.6 is 0 Å². The maximum atomic E-state index is 11.4. The Labute approximate surface area is 77.6 Å². The van der Waals surface area contributed by atoms with Gasteiger partial charge in [0.25, 0.3) is 0 Å². The molecule has 0 spiro atoms. The highest BCUT2D eigenvalue weighted by atomic mass is 16.3. The van der Waals surface area contributed by atoms with Crippen LogP contribution in [0.4, 0.5) is 0 Å². The summed E-state index contributed by atoms with van der Waals surface area (Å²) in [6.07, 6.45) is 2.24. The Morgan fingerprint density at radius 3 is 2.92 bits per heavy atom. The highest BCUT2D eigenvalue weighted by Crippen LogP contribution is 2.25. The second kappa shape index (κ2) is 4.83. The van der Waals surface area contributed by atoms with Gasteiger partial charge in [-0.15, -0.1) is 0 Å². The van der Waals surface area contributed by atoms with Gasteiger partial charge in [-0.3, -0.25) is 4.79 Å². The first-order valence-corrected chi connectivity index (χ1v) is 4.58. The molecule has 0 aromatic rings. The van der Waals surface area contributed by atoms with Gasteiger partial charge in [-0.05, 0) is 19.3 Å². The third kappa shape index (κ3) is 2.71. The number of nitriles is 1. The number of nitrogens with one attached hydrogen (secondary N) is 1. The fourth-order valence-corrected chi connectivity index (χ4v) is 1.62. The molecule has 72 valence electrons. The van der Waals surface area contributed by atoms with Gasteiger partial charge in [0, 0.05) is 6.54 Å². The summed E-state index contributed by atoms with van der Waals surface area (Å²) in [5, 5.41) is 20.3. The average molecular weight is 182 g/mol. The average Bonchev–Trinajstić information content (AvgIpc) is 2.52. The summed E-state index contributed by atoms with van der Waals surface area (Å²) < 4.78 is 0. The van der Waals surface area contributed by atoms with Gasteiger partial charge in [0.05, 0.1) is 24.5 Å². The van der Waals surface area contributed by atoms with E-state index in [9.17, 15) is 9.90 Å². The largest absolute Gasteiger partial charge is 0.392 e. The molecule has 0 bridgehead atoms. The van der Waals surface area contributed by atoms with Gasteiger partial charge in [-0.2, -0.15) is 5.26 Å². The van der Waals surface area contributed by atoms with Crippen LogP contribution in [-0.2, 0) is 4.79 Å². The minimum atomic E-state index is -0.484. The second-order valence-corrected chi connectivity index (χ2v) is 3.30. The lowest BCUT2D eigenvalue weighted by Gasteiger charge is -2.13. The van der Waals surface area contributed by atoms with E-state index >= 15 is 0 Å². The lowest BCUT2D eigenvalue weighted by Crippen LogP contribution is -2.35. The molecule has 0 heterocycles. The molecule has 1 amide bonds. The molecule has 2 atom stereocenters. The summed E-state index contributed by atoms with van der Waals surface area (Å²) in [7, 11) is 0. The highest BCUT2D eigenvalue weighted by molar-refractivity contribution is 5.79. The molecule has 1 fully saturated rings. The minimum Gasteiger partial charge on any atom is -0.392 e. The molecule has 2 unspecified atom stereocenters. The maximum Gasteiger partial charge on any atom is 0.225 e. The predicted octanol–water partition coefficient (Wildman–Crippen LogP) is 0.177. The van der Waals surface area contributed by atoms with E-state index in [-0.39, 0.29) is 11.8 Å². The molecule has 4 nitrogen and oxygen atoms in total. The molecule has 0 aromatic carbocycles. The molecule has 1 saturated carbocycles. The molecular weight excluding hydrogens is 168 g/mol. The molecule has 0 aromatic heterocycles. The number of aliphatic hydroxyl groups excluding tert-OH is 1. The van der Waals surface area contributed by atoms with Gasteiger partial charge in [-0.1, -0.05) is 0 Å². The number of rotatable bonds is 3. The Morgan fingerprint density at radius 2 is 2.38 bits per heavy atom. The predicted molar refractivity (Wildman–Crippen MR) is 46.6 cm³/mol. The Bertz CT molecular complexity index is 222. The summed E-state index contributed by atoms with van der Waals surface area (Å²) in [5.41, 5.74) is 0. The molecule has 1 aliphatic carbocycles. The summed E-state index contributed by atoms with van der Waals surface area (Å²) >= 11 is 0. The van der Waals surface area contributed by atoms with Crippen molar-refractivity contribution >= 4 is 5.91 Å². The van der Waals surface area contributed by atoms with Gasteiger partial charge in [0.2, 0.25) is 5.91 Å². The quantitative estimate of drug-likeness (QED) is 0.611. The van der Waals surface area contributed by atoms with Crippen LogP contribution in [0.3, 0.4) is 0 Å². The lowest BCUT2D eigenvalue weighted by atomic mass is 10.1. The van der Waals surface area contributed by atoms with Crippen LogP contribution in [0, 0.1) is 17.2 Å². The molecule has 0 saturated heterocycles. The molecule has 0 radical (unpaired) electrons. The Morgan fingerprint density at radius 1 is 1.62 bits per heavy atom. The SMILES string of the molecule is N#CCCNC(=O)C1CCCC1O. The normalized spacial score (nSPS) is 26.8. The maximum absolute atomic E-state index is 11.4. The smallest absolute Gasteiger partial charge is 0.225 e. The third-order valence-corrected chi connectivity index (χ3v) is 2.35. The van der Waals surface area contributed by atoms with E-state index in [0.29, 0.717) is 13.0 Å². The zero-order chi connectivity index (χ0) is 9.68. The number of hydrogen-bond acceptors (Lipinski definition) is 3. The summed E-state index contributed by atoms with van der Waals surface area (Å²) in [4.78, 5) is 11.4. The monoisotopic (exact) mass is 182 g/mol. The Hall–Kier alpha value is -1.08. The van der Waals surface area contributed by atoms with Crippen LogP contribution in [0.15, 0.2) is 0 Å². The molecule has 0 aliphatic heterocycles. The number of carbonyl (C=O) groups excluding carboxylic acids is 1. The van der Waals surface area contributed by atoms with E-state index in [1.54, 1.807) is 0 Å². The summed E-state index contributed by atoms with van der Waals surface area (Å²) in [6, 6.07) is 1.95. The fourth-order valence-electron chi connectivity index (χ4n) is 1.62. The highest BCUT2D eigenvalue weighted by Gasteiger charge is 2.30. The standard InChI is InChI=1S/C9H14N2O2/c10-5-2-6-11-9(13)7-3-1-4-8(7)12/h7-8,12H,1-4,6H2,(H,11,13). The topological polar surface area (TPSA) is 73.1 Å². The van der Waals surface area contributed by atoms with Gasteiger partial charge in [-0.25, -0.2) is 0 Å². The van der Waals surface area contributed by atoms with Crippen molar-refractivity contribution in [3.8, 4) is 6.07 Å². The van der Waals surface area contributed by atoms with Crippen LogP contribution in [0.1, 0.15) is 25.7 Å². The number of aliphatic hydroxyl groups is 1. The first-order chi connectivity index (χ1) is 6.25. The molecule has 1 rings (SSSR count). The van der Waals surface area contributed by atoms with Crippen LogP contribution in [0.25, 0.3) is 0 Å². The van der Waals surface area contributed by atoms with Crippen molar-refractivity contribution in [3.63, 3.8) is 0 Å². The van der Waals surface area contributed by atoms with Gasteiger partial charge in [0.1, 0.15) is 0 Å². The van der Waals surface area contributed by atoms with Crippen molar-refractivity contribution in [2.75, 3.05) is 6.54 Å². The van der Waals surface area contributed by atoms with Crippen molar-refractivity contribution in [1.29, 1.82) is 5.26 Å². The first kappa shape index (κ1) is 10.0. The molecule has 2 N–H and O–H groups in total. The van der Waals surface area contributed by atoms with Crippen molar-refractivity contribution in [2.45, 2.75) is 31.8 Å². The second-order valence-electron chi connectivity index (χ2n) is 3.30. The van der Waals surface area contributed by atoms with Crippen molar-refractivity contribution < 1.29 is 9.90 Å². The van der Waals surface area contributed by atoms with E-state index in [4.69, 9.17) is 5.26 Å². The van der Waals surface area contributed by atoms with Gasteiger partial charge >= 0.3 is 0 Å². The number of nitrogens with zero attached hydrogens (tertiary/aromatic N) is 1. The van der Waals surface area contributed by atoms with Crippen LogP contribution in [0.5, 0.6) is 0 Å². The number of carbonyl (C=O) groups is 1. The summed E-state index contributed by atoms with van der Waals surface area (Å²) in [6.45, 7) is 0.387.